The molecule has 1 aromatic carbocycles. The maximum atomic E-state index is 13.2. The molecule has 0 fully saturated rings. The number of halogens is 3. The number of carbonyl (C=O) groups is 1. The van der Waals surface area contributed by atoms with Crippen LogP contribution < -0.4 is 5.73 Å². The van der Waals surface area contributed by atoms with E-state index in [-0.39, 0.29) is 17.7 Å². The zero-order valence-electron chi connectivity index (χ0n) is 8.97. The van der Waals surface area contributed by atoms with Crippen LogP contribution in [0, 0.1) is 17.5 Å². The fourth-order valence-corrected chi connectivity index (χ4v) is 1.18. The van der Waals surface area contributed by atoms with Crippen LogP contribution in [-0.4, -0.2) is 13.1 Å². The number of esters is 1. The van der Waals surface area contributed by atoms with Crippen molar-refractivity contribution in [1.29, 1.82) is 0 Å². The maximum Gasteiger partial charge on any atom is 0.332 e. The number of benzene rings is 1. The summed E-state index contributed by atoms with van der Waals surface area (Å²) in [7, 11) is 1.16. The fourth-order valence-electron chi connectivity index (χ4n) is 1.18. The van der Waals surface area contributed by atoms with Gasteiger partial charge in [-0.25, -0.2) is 18.0 Å². The Morgan fingerprint density at radius 3 is 2.47 bits per heavy atom. The number of nitrogens with two attached hydrogens (primary N) is 1. The molecule has 0 aromatic heterocycles. The Morgan fingerprint density at radius 2 is 1.88 bits per heavy atom. The molecule has 6 heteroatoms. The Balaban J connectivity index is 2.92. The molecular formula is C11H10F3NO2. The molecule has 0 heterocycles. The molecule has 1 aromatic rings. The zero-order valence-corrected chi connectivity index (χ0v) is 8.97. The van der Waals surface area contributed by atoms with Crippen LogP contribution in [0.3, 0.4) is 0 Å². The van der Waals surface area contributed by atoms with Crippen molar-refractivity contribution in [1.82, 2.24) is 0 Å². The third-order valence-corrected chi connectivity index (χ3v) is 1.99. The largest absolute Gasteiger partial charge is 0.466 e. The SMILES string of the molecule is COC(=O)C=C(N)Cc1cc(F)c(F)cc1F. The minimum Gasteiger partial charge on any atom is -0.466 e. The summed E-state index contributed by atoms with van der Waals surface area (Å²) in [5, 5.41) is 0. The second-order valence-corrected chi connectivity index (χ2v) is 3.28. The van der Waals surface area contributed by atoms with Crippen LogP contribution >= 0.6 is 0 Å². The summed E-state index contributed by atoms with van der Waals surface area (Å²) in [6.45, 7) is 0. The van der Waals surface area contributed by atoms with Crippen LogP contribution in [-0.2, 0) is 16.0 Å². The molecule has 0 atom stereocenters. The number of allylic oxidation sites excluding steroid dienone is 1. The number of ether oxygens (including phenoxy) is 1. The quantitative estimate of drug-likeness (QED) is 0.500. The van der Waals surface area contributed by atoms with E-state index in [0.29, 0.717) is 12.1 Å². The number of methoxy groups -OCH3 is 1. The average molecular weight is 245 g/mol. The summed E-state index contributed by atoms with van der Waals surface area (Å²) in [6, 6.07) is 1.12. The van der Waals surface area contributed by atoms with Crippen molar-refractivity contribution in [2.75, 3.05) is 7.11 Å². The van der Waals surface area contributed by atoms with Crippen LogP contribution in [0.4, 0.5) is 13.2 Å². The van der Waals surface area contributed by atoms with Crippen molar-refractivity contribution < 1.29 is 22.7 Å². The molecule has 0 aliphatic carbocycles. The van der Waals surface area contributed by atoms with Gasteiger partial charge < -0.3 is 10.5 Å². The van der Waals surface area contributed by atoms with Crippen molar-refractivity contribution in [3.8, 4) is 0 Å². The molecule has 2 N–H and O–H groups in total. The van der Waals surface area contributed by atoms with Crippen LogP contribution in [0.1, 0.15) is 5.56 Å². The maximum absolute atomic E-state index is 13.2. The van der Waals surface area contributed by atoms with E-state index in [1.807, 2.05) is 0 Å². The highest BCUT2D eigenvalue weighted by Crippen LogP contribution is 2.15. The van der Waals surface area contributed by atoms with E-state index in [2.05, 4.69) is 4.74 Å². The van der Waals surface area contributed by atoms with Gasteiger partial charge in [-0.1, -0.05) is 0 Å². The first kappa shape index (κ1) is 13.1. The molecule has 0 amide bonds. The summed E-state index contributed by atoms with van der Waals surface area (Å²) in [6.07, 6.45) is 0.735. The van der Waals surface area contributed by atoms with Crippen molar-refractivity contribution in [2.24, 2.45) is 5.73 Å². The highest BCUT2D eigenvalue weighted by molar-refractivity contribution is 5.82. The van der Waals surface area contributed by atoms with Crippen molar-refractivity contribution in [2.45, 2.75) is 6.42 Å². The van der Waals surface area contributed by atoms with Crippen molar-refractivity contribution in [3.05, 3.63) is 46.9 Å². The van der Waals surface area contributed by atoms with E-state index in [1.165, 1.54) is 0 Å². The second kappa shape index (κ2) is 5.38. The topological polar surface area (TPSA) is 52.3 Å². The molecule has 0 bridgehead atoms. The standard InChI is InChI=1S/C11H10F3NO2/c1-17-11(16)4-7(15)2-6-3-9(13)10(14)5-8(6)12/h3-5H,2,15H2,1H3. The highest BCUT2D eigenvalue weighted by Gasteiger charge is 2.10. The van der Waals surface area contributed by atoms with Crippen LogP contribution in [0.5, 0.6) is 0 Å². The first-order valence-corrected chi connectivity index (χ1v) is 4.61. The minimum absolute atomic E-state index is 0.0123. The summed E-state index contributed by atoms with van der Waals surface area (Å²) < 4.78 is 43.0. The lowest BCUT2D eigenvalue weighted by Crippen LogP contribution is -2.08. The van der Waals surface area contributed by atoms with Crippen molar-refractivity contribution in [3.63, 3.8) is 0 Å². The van der Waals surface area contributed by atoms with Gasteiger partial charge in [-0.05, 0) is 11.6 Å². The summed E-state index contributed by atoms with van der Waals surface area (Å²) in [5.41, 5.74) is 5.27. The Labute approximate surface area is 95.7 Å². The van der Waals surface area contributed by atoms with E-state index in [0.717, 1.165) is 13.2 Å². The number of carbonyl (C=O) groups excluding carboxylic acids is 1. The number of hydrogen-bond acceptors (Lipinski definition) is 3. The minimum atomic E-state index is -1.28. The van der Waals surface area contributed by atoms with Gasteiger partial charge in [0.2, 0.25) is 0 Å². The first-order valence-electron chi connectivity index (χ1n) is 4.61. The molecule has 0 unspecified atom stereocenters. The molecule has 3 nitrogen and oxygen atoms in total. The predicted molar refractivity (Wildman–Crippen MR) is 54.3 cm³/mol. The molecule has 0 aliphatic heterocycles. The fraction of sp³-hybridized carbons (Fsp3) is 0.182. The van der Waals surface area contributed by atoms with Gasteiger partial charge in [0.1, 0.15) is 5.82 Å². The zero-order chi connectivity index (χ0) is 13.0. The molecule has 0 aliphatic rings. The Hall–Kier alpha value is -1.98. The summed E-state index contributed by atoms with van der Waals surface area (Å²) >= 11 is 0. The highest BCUT2D eigenvalue weighted by atomic mass is 19.2. The Kier molecular flexibility index (Phi) is 4.14. The molecule has 0 saturated carbocycles. The number of rotatable bonds is 3. The molecule has 0 spiro atoms. The molecule has 0 saturated heterocycles. The molecular weight excluding hydrogens is 235 g/mol. The summed E-state index contributed by atoms with van der Waals surface area (Å²) in [4.78, 5) is 10.8. The van der Waals surface area contributed by atoms with Crippen LogP contribution in [0.15, 0.2) is 23.9 Å². The molecule has 1 rings (SSSR count). The Bertz CT molecular complexity index is 472. The lowest BCUT2D eigenvalue weighted by atomic mass is 10.1. The van der Waals surface area contributed by atoms with Gasteiger partial charge in [0.25, 0.3) is 0 Å². The van der Waals surface area contributed by atoms with E-state index < -0.39 is 23.4 Å². The lowest BCUT2D eigenvalue weighted by molar-refractivity contribution is -0.134. The van der Waals surface area contributed by atoms with Crippen LogP contribution in [0.2, 0.25) is 0 Å². The van der Waals surface area contributed by atoms with E-state index in [4.69, 9.17) is 5.73 Å². The summed E-state index contributed by atoms with van der Waals surface area (Å²) in [5.74, 6) is -4.08. The van der Waals surface area contributed by atoms with E-state index in [9.17, 15) is 18.0 Å². The van der Waals surface area contributed by atoms with Crippen LogP contribution in [0.25, 0.3) is 0 Å². The van der Waals surface area contributed by atoms with E-state index >= 15 is 0 Å². The average Bonchev–Trinajstić information content (AvgIpc) is 2.25. The first-order chi connectivity index (χ1) is 7.93. The lowest BCUT2D eigenvalue weighted by Gasteiger charge is -2.04. The Morgan fingerprint density at radius 1 is 1.29 bits per heavy atom. The molecule has 0 radical (unpaired) electrons. The molecule has 92 valence electrons. The van der Waals surface area contributed by atoms with Gasteiger partial charge in [0.15, 0.2) is 11.6 Å². The smallest absolute Gasteiger partial charge is 0.332 e. The monoisotopic (exact) mass is 245 g/mol. The number of hydrogen-bond donors (Lipinski definition) is 1. The van der Waals surface area contributed by atoms with Gasteiger partial charge >= 0.3 is 5.97 Å². The van der Waals surface area contributed by atoms with Gasteiger partial charge in [-0.2, -0.15) is 0 Å². The van der Waals surface area contributed by atoms with Crippen molar-refractivity contribution >= 4 is 5.97 Å². The second-order valence-electron chi connectivity index (χ2n) is 3.28. The predicted octanol–water partition coefficient (Wildman–Crippen LogP) is 1.66. The van der Waals surface area contributed by atoms with Gasteiger partial charge in [-0.3, -0.25) is 0 Å². The van der Waals surface area contributed by atoms with E-state index in [1.54, 1.807) is 0 Å². The third kappa shape index (κ3) is 3.51. The van der Waals surface area contributed by atoms with Gasteiger partial charge in [0, 0.05) is 24.3 Å². The van der Waals surface area contributed by atoms with Gasteiger partial charge in [-0.15, -0.1) is 0 Å². The van der Waals surface area contributed by atoms with Gasteiger partial charge in [0.05, 0.1) is 7.11 Å². The third-order valence-electron chi connectivity index (χ3n) is 1.99. The molecule has 17 heavy (non-hydrogen) atoms. The normalized spacial score (nSPS) is 11.4.